The number of anilines is 1. The Kier molecular flexibility index (Phi) is 3.96. The van der Waals surface area contributed by atoms with Crippen LogP contribution in [0.25, 0.3) is 0 Å². The zero-order valence-corrected chi connectivity index (χ0v) is 11.3. The summed E-state index contributed by atoms with van der Waals surface area (Å²) in [5, 5.41) is 6.46. The van der Waals surface area contributed by atoms with Gasteiger partial charge in [-0.05, 0) is 28.8 Å². The molecule has 0 saturated heterocycles. The summed E-state index contributed by atoms with van der Waals surface area (Å²) < 4.78 is 37.5. The number of aromatic nitrogens is 2. The smallest absolute Gasteiger partial charge is 0.366 e. The molecule has 0 aliphatic heterocycles. The molecule has 2 rings (SSSR count). The van der Waals surface area contributed by atoms with E-state index in [1.807, 2.05) is 17.7 Å². The van der Waals surface area contributed by atoms with E-state index in [1.165, 1.54) is 17.4 Å². The molecule has 0 aliphatic rings. The fraction of sp³-hybridized carbons (Fsp3) is 0.273. The second-order valence-corrected chi connectivity index (χ2v) is 4.96. The molecule has 0 spiro atoms. The first-order chi connectivity index (χ1) is 8.86. The van der Waals surface area contributed by atoms with Gasteiger partial charge in [0.1, 0.15) is 11.0 Å². The average molecular weight is 308 g/mol. The predicted molar refractivity (Wildman–Crippen MR) is 68.4 cm³/mol. The number of halogens is 4. The van der Waals surface area contributed by atoms with Crippen molar-refractivity contribution in [2.75, 3.05) is 5.32 Å². The molecule has 0 aliphatic carbocycles. The van der Waals surface area contributed by atoms with Crippen LogP contribution in [0.1, 0.15) is 17.0 Å². The highest BCUT2D eigenvalue weighted by atomic mass is 35.5. The maximum absolute atomic E-state index is 12.5. The van der Waals surface area contributed by atoms with Crippen molar-refractivity contribution in [3.05, 3.63) is 38.9 Å². The molecule has 0 atom stereocenters. The van der Waals surface area contributed by atoms with Gasteiger partial charge in [-0.2, -0.15) is 24.5 Å². The minimum atomic E-state index is -4.61. The number of hydrogen-bond acceptors (Lipinski definition) is 4. The summed E-state index contributed by atoms with van der Waals surface area (Å²) in [6.45, 7) is 2.32. The molecule has 0 amide bonds. The molecule has 19 heavy (non-hydrogen) atoms. The van der Waals surface area contributed by atoms with Crippen LogP contribution in [0.4, 0.5) is 19.0 Å². The fourth-order valence-electron chi connectivity index (χ4n) is 1.39. The van der Waals surface area contributed by atoms with E-state index < -0.39 is 12.0 Å². The molecule has 0 unspecified atom stereocenters. The highest BCUT2D eigenvalue weighted by molar-refractivity contribution is 7.08. The first kappa shape index (κ1) is 14.1. The van der Waals surface area contributed by atoms with Gasteiger partial charge >= 0.3 is 6.18 Å². The molecule has 1 N–H and O–H groups in total. The van der Waals surface area contributed by atoms with Gasteiger partial charge < -0.3 is 5.32 Å². The van der Waals surface area contributed by atoms with E-state index in [-0.39, 0.29) is 11.0 Å². The van der Waals surface area contributed by atoms with Gasteiger partial charge in [0.15, 0.2) is 0 Å². The largest absolute Gasteiger partial charge is 0.451 e. The van der Waals surface area contributed by atoms with Gasteiger partial charge in [0.25, 0.3) is 0 Å². The molecule has 2 aromatic heterocycles. The average Bonchev–Trinajstić information content (AvgIpc) is 2.70. The summed E-state index contributed by atoms with van der Waals surface area (Å²) in [4.78, 5) is 6.56. The Labute approximate surface area is 116 Å². The van der Waals surface area contributed by atoms with Crippen LogP contribution >= 0.6 is 22.9 Å². The zero-order valence-electron chi connectivity index (χ0n) is 9.75. The first-order valence-electron chi connectivity index (χ1n) is 5.23. The minimum Gasteiger partial charge on any atom is -0.366 e. The van der Waals surface area contributed by atoms with Crippen LogP contribution < -0.4 is 5.32 Å². The maximum atomic E-state index is 12.5. The summed E-state index contributed by atoms with van der Waals surface area (Å²) >= 11 is 7.09. The van der Waals surface area contributed by atoms with Gasteiger partial charge in [0.05, 0.1) is 0 Å². The molecule has 3 nitrogen and oxygen atoms in total. The van der Waals surface area contributed by atoms with Crippen LogP contribution in [0, 0.1) is 6.92 Å². The standard InChI is InChI=1S/C11H9ClF3N3S/c1-6-4-19-5-7(6)3-16-9-2-8(12)17-10(18-9)11(13,14)15/h2,4-5H,3H2,1H3,(H,16,17,18). The molecule has 2 heterocycles. The molecule has 8 heteroatoms. The van der Waals surface area contributed by atoms with Gasteiger partial charge in [0.2, 0.25) is 5.82 Å². The second kappa shape index (κ2) is 5.34. The lowest BCUT2D eigenvalue weighted by Crippen LogP contribution is -2.13. The topological polar surface area (TPSA) is 37.8 Å². The number of rotatable bonds is 3. The number of aryl methyl sites for hydroxylation is 1. The lowest BCUT2D eigenvalue weighted by Gasteiger charge is -2.09. The van der Waals surface area contributed by atoms with E-state index in [0.29, 0.717) is 6.54 Å². The van der Waals surface area contributed by atoms with Crippen LogP contribution in [0.2, 0.25) is 5.15 Å². The van der Waals surface area contributed by atoms with Crippen molar-refractivity contribution in [3.8, 4) is 0 Å². The molecule has 0 saturated carbocycles. The van der Waals surface area contributed by atoms with Crippen molar-refractivity contribution >= 4 is 28.8 Å². The lowest BCUT2D eigenvalue weighted by atomic mass is 10.2. The number of thiophene rings is 1. The van der Waals surface area contributed by atoms with Gasteiger partial charge in [-0.3, -0.25) is 0 Å². The van der Waals surface area contributed by atoms with Crippen molar-refractivity contribution in [2.24, 2.45) is 0 Å². The summed E-state index contributed by atoms with van der Waals surface area (Å²) in [5.41, 5.74) is 2.09. The van der Waals surface area contributed by atoms with E-state index in [4.69, 9.17) is 11.6 Å². The first-order valence-corrected chi connectivity index (χ1v) is 6.55. The van der Waals surface area contributed by atoms with E-state index in [1.54, 1.807) is 0 Å². The number of nitrogens with zero attached hydrogens (tertiary/aromatic N) is 2. The van der Waals surface area contributed by atoms with Crippen molar-refractivity contribution in [1.29, 1.82) is 0 Å². The van der Waals surface area contributed by atoms with E-state index in [9.17, 15) is 13.2 Å². The van der Waals surface area contributed by atoms with Crippen molar-refractivity contribution in [3.63, 3.8) is 0 Å². The van der Waals surface area contributed by atoms with Gasteiger partial charge in [0, 0.05) is 12.6 Å². The zero-order chi connectivity index (χ0) is 14.0. The van der Waals surface area contributed by atoms with E-state index in [0.717, 1.165) is 11.1 Å². The Morgan fingerprint density at radius 2 is 2.05 bits per heavy atom. The van der Waals surface area contributed by atoms with E-state index >= 15 is 0 Å². The van der Waals surface area contributed by atoms with Crippen LogP contribution in [-0.4, -0.2) is 9.97 Å². The summed E-state index contributed by atoms with van der Waals surface area (Å²) in [7, 11) is 0. The fourth-order valence-corrected chi connectivity index (χ4v) is 2.43. The van der Waals surface area contributed by atoms with Gasteiger partial charge in [-0.25, -0.2) is 9.97 Å². The highest BCUT2D eigenvalue weighted by Gasteiger charge is 2.35. The Hall–Kier alpha value is -1.34. The third-order valence-corrected chi connectivity index (χ3v) is 3.47. The highest BCUT2D eigenvalue weighted by Crippen LogP contribution is 2.28. The molecule has 2 aromatic rings. The number of nitrogens with one attached hydrogen (secondary N) is 1. The molecular weight excluding hydrogens is 299 g/mol. The molecule has 0 aromatic carbocycles. The van der Waals surface area contributed by atoms with Crippen LogP contribution in [0.5, 0.6) is 0 Å². The summed E-state index contributed by atoms with van der Waals surface area (Å²) in [5.74, 6) is -1.19. The second-order valence-electron chi connectivity index (χ2n) is 3.83. The van der Waals surface area contributed by atoms with Crippen LogP contribution in [0.3, 0.4) is 0 Å². The third-order valence-electron chi connectivity index (χ3n) is 2.37. The van der Waals surface area contributed by atoms with Crippen molar-refractivity contribution in [1.82, 2.24) is 9.97 Å². The summed E-state index contributed by atoms with van der Waals surface area (Å²) in [6.07, 6.45) is -4.61. The quantitative estimate of drug-likeness (QED) is 0.866. The maximum Gasteiger partial charge on any atom is 0.451 e. The Morgan fingerprint density at radius 1 is 1.32 bits per heavy atom. The van der Waals surface area contributed by atoms with Crippen molar-refractivity contribution < 1.29 is 13.2 Å². The predicted octanol–water partition coefficient (Wildman–Crippen LogP) is 4.13. The van der Waals surface area contributed by atoms with Gasteiger partial charge in [-0.15, -0.1) is 0 Å². The monoisotopic (exact) mass is 307 g/mol. The third kappa shape index (κ3) is 3.57. The molecule has 0 bridgehead atoms. The molecular formula is C11H9ClF3N3S. The minimum absolute atomic E-state index is 0.0536. The number of hydrogen-bond donors (Lipinski definition) is 1. The Balaban J connectivity index is 2.17. The lowest BCUT2D eigenvalue weighted by molar-refractivity contribution is -0.144. The molecule has 102 valence electrons. The van der Waals surface area contributed by atoms with Crippen LogP contribution in [0.15, 0.2) is 16.8 Å². The normalized spacial score (nSPS) is 11.6. The Bertz CT molecular complexity index is 583. The summed E-state index contributed by atoms with van der Waals surface area (Å²) in [6, 6.07) is 1.26. The van der Waals surface area contributed by atoms with Crippen LogP contribution in [-0.2, 0) is 12.7 Å². The van der Waals surface area contributed by atoms with E-state index in [2.05, 4.69) is 15.3 Å². The number of alkyl halides is 3. The Morgan fingerprint density at radius 3 is 2.63 bits per heavy atom. The van der Waals surface area contributed by atoms with Gasteiger partial charge in [-0.1, -0.05) is 11.6 Å². The SMILES string of the molecule is Cc1cscc1CNc1cc(Cl)nc(C(F)(F)F)n1. The van der Waals surface area contributed by atoms with Crippen molar-refractivity contribution in [2.45, 2.75) is 19.6 Å². The molecule has 0 fully saturated rings. The molecule has 0 radical (unpaired) electrons.